The lowest BCUT2D eigenvalue weighted by atomic mass is 9.92. The van der Waals surface area contributed by atoms with E-state index in [-0.39, 0.29) is 29.9 Å². The van der Waals surface area contributed by atoms with E-state index in [4.69, 9.17) is 6.42 Å². The Kier molecular flexibility index (Phi) is 4.14. The van der Waals surface area contributed by atoms with E-state index >= 15 is 0 Å². The van der Waals surface area contributed by atoms with Gasteiger partial charge in [0.2, 0.25) is 11.8 Å². The topological polar surface area (TPSA) is 40.6 Å². The van der Waals surface area contributed by atoms with Gasteiger partial charge in [-0.15, -0.1) is 6.42 Å². The summed E-state index contributed by atoms with van der Waals surface area (Å²) in [5.41, 5.74) is 0. The van der Waals surface area contributed by atoms with Gasteiger partial charge in [0.15, 0.2) is 0 Å². The van der Waals surface area contributed by atoms with E-state index in [1.807, 2.05) is 13.8 Å². The first-order valence-electron chi connectivity index (χ1n) is 7.24. The minimum Gasteiger partial charge on any atom is -0.329 e. The summed E-state index contributed by atoms with van der Waals surface area (Å²) in [5.74, 6) is 2.80. The maximum Gasteiger partial charge on any atom is 0.247 e. The quantitative estimate of drug-likeness (QED) is 0.721. The molecule has 3 atom stereocenters. The number of terminal acetylenes is 1. The second kappa shape index (κ2) is 5.64. The van der Waals surface area contributed by atoms with E-state index in [0.29, 0.717) is 19.4 Å². The van der Waals surface area contributed by atoms with Gasteiger partial charge in [0.05, 0.1) is 6.04 Å². The van der Waals surface area contributed by atoms with E-state index in [0.717, 1.165) is 19.3 Å². The summed E-state index contributed by atoms with van der Waals surface area (Å²) in [6.45, 7) is 4.62. The Morgan fingerprint density at radius 1 is 1.32 bits per heavy atom. The van der Waals surface area contributed by atoms with Gasteiger partial charge in [0.1, 0.15) is 12.1 Å². The van der Waals surface area contributed by atoms with Crippen LogP contribution in [0.4, 0.5) is 0 Å². The Hall–Kier alpha value is -1.50. The second-order valence-electron chi connectivity index (χ2n) is 5.30. The van der Waals surface area contributed by atoms with Crippen LogP contribution in [0, 0.1) is 12.3 Å². The number of piperidine rings is 1. The summed E-state index contributed by atoms with van der Waals surface area (Å²) in [5, 5.41) is 0. The molecule has 2 amide bonds. The van der Waals surface area contributed by atoms with Crippen molar-refractivity contribution < 1.29 is 9.59 Å². The molecule has 2 saturated heterocycles. The van der Waals surface area contributed by atoms with Crippen molar-refractivity contribution in [3.8, 4) is 12.3 Å². The van der Waals surface area contributed by atoms with Crippen LogP contribution in [0.2, 0.25) is 0 Å². The van der Waals surface area contributed by atoms with E-state index in [1.54, 1.807) is 9.80 Å². The molecule has 0 saturated carbocycles. The zero-order valence-corrected chi connectivity index (χ0v) is 11.8. The molecule has 3 unspecified atom stereocenters. The molecule has 0 aromatic carbocycles. The van der Waals surface area contributed by atoms with Gasteiger partial charge in [-0.05, 0) is 32.1 Å². The van der Waals surface area contributed by atoms with Crippen LogP contribution in [0.15, 0.2) is 0 Å². The van der Waals surface area contributed by atoms with Gasteiger partial charge in [-0.25, -0.2) is 0 Å². The van der Waals surface area contributed by atoms with E-state index < -0.39 is 0 Å². The molecular weight excluding hydrogens is 240 g/mol. The molecule has 104 valence electrons. The lowest BCUT2D eigenvalue weighted by molar-refractivity contribution is -0.165. The van der Waals surface area contributed by atoms with Crippen LogP contribution in [0.25, 0.3) is 0 Å². The molecule has 2 aliphatic rings. The number of nitrogens with zero attached hydrogens (tertiary/aromatic N) is 2. The lowest BCUT2D eigenvalue weighted by Gasteiger charge is -2.48. The predicted molar refractivity (Wildman–Crippen MR) is 73.2 cm³/mol. The first-order valence-corrected chi connectivity index (χ1v) is 7.24. The summed E-state index contributed by atoms with van der Waals surface area (Å²) < 4.78 is 0. The van der Waals surface area contributed by atoms with Crippen molar-refractivity contribution in [3.63, 3.8) is 0 Å². The van der Waals surface area contributed by atoms with Gasteiger partial charge < -0.3 is 9.80 Å². The van der Waals surface area contributed by atoms with Gasteiger partial charge in [0.25, 0.3) is 0 Å². The Morgan fingerprint density at radius 2 is 2.05 bits per heavy atom. The van der Waals surface area contributed by atoms with E-state index in [9.17, 15) is 9.59 Å². The second-order valence-corrected chi connectivity index (χ2v) is 5.30. The van der Waals surface area contributed by atoms with Gasteiger partial charge >= 0.3 is 0 Å². The molecular formula is C15H22N2O2. The van der Waals surface area contributed by atoms with Crippen molar-refractivity contribution in [1.29, 1.82) is 0 Å². The largest absolute Gasteiger partial charge is 0.329 e. The first kappa shape index (κ1) is 13.9. The van der Waals surface area contributed by atoms with Gasteiger partial charge in [-0.2, -0.15) is 0 Å². The zero-order valence-electron chi connectivity index (χ0n) is 11.8. The Labute approximate surface area is 115 Å². The third-order valence-electron chi connectivity index (χ3n) is 4.25. The molecule has 2 fully saturated rings. The molecule has 4 nitrogen and oxygen atoms in total. The zero-order chi connectivity index (χ0) is 14.0. The van der Waals surface area contributed by atoms with Crippen LogP contribution in [0.3, 0.4) is 0 Å². The highest BCUT2D eigenvalue weighted by atomic mass is 16.2. The van der Waals surface area contributed by atoms with Crippen LogP contribution in [0.5, 0.6) is 0 Å². The maximum absolute atomic E-state index is 12.7. The monoisotopic (exact) mass is 262 g/mol. The number of rotatable bonds is 3. The minimum atomic E-state index is -0.372. The van der Waals surface area contributed by atoms with Gasteiger partial charge in [-0.3, -0.25) is 9.59 Å². The summed E-state index contributed by atoms with van der Waals surface area (Å²) in [7, 11) is 0. The third kappa shape index (κ3) is 2.22. The molecule has 2 aliphatic heterocycles. The van der Waals surface area contributed by atoms with Crippen molar-refractivity contribution in [2.24, 2.45) is 0 Å². The van der Waals surface area contributed by atoms with E-state index in [1.165, 1.54) is 0 Å². The Morgan fingerprint density at radius 3 is 2.63 bits per heavy atom. The molecule has 0 N–H and O–H groups in total. The fourth-order valence-corrected chi connectivity index (χ4v) is 3.23. The molecule has 4 heteroatoms. The molecule has 19 heavy (non-hydrogen) atoms. The highest BCUT2D eigenvalue weighted by molar-refractivity contribution is 5.97. The standard InChI is InChI=1S/C15H22N2O2/c1-4-11(5-2)17-12(6-3)14(18)16-10-8-7-9-13(16)15(17)19/h1,11-13H,5-10H2,2-3H3. The summed E-state index contributed by atoms with van der Waals surface area (Å²) in [6.07, 6.45) is 9.65. The number of carbonyl (C=O) groups excluding carboxylic acids is 2. The lowest BCUT2D eigenvalue weighted by Crippen LogP contribution is -2.67. The summed E-state index contributed by atoms with van der Waals surface area (Å²) in [4.78, 5) is 28.7. The number of hydrogen-bond donors (Lipinski definition) is 0. The molecule has 0 aromatic heterocycles. The molecule has 0 bridgehead atoms. The number of fused-ring (bicyclic) bond motifs is 1. The van der Waals surface area contributed by atoms with Crippen molar-refractivity contribution >= 4 is 11.8 Å². The molecule has 0 spiro atoms. The minimum absolute atomic E-state index is 0.0518. The molecule has 0 aliphatic carbocycles. The molecule has 0 radical (unpaired) electrons. The number of carbonyl (C=O) groups is 2. The fourth-order valence-electron chi connectivity index (χ4n) is 3.23. The van der Waals surface area contributed by atoms with Crippen LogP contribution in [0.1, 0.15) is 46.0 Å². The van der Waals surface area contributed by atoms with Crippen LogP contribution in [-0.4, -0.2) is 46.3 Å². The predicted octanol–water partition coefficient (Wildman–Crippen LogP) is 1.40. The van der Waals surface area contributed by atoms with Crippen molar-refractivity contribution in [3.05, 3.63) is 0 Å². The third-order valence-corrected chi connectivity index (χ3v) is 4.25. The van der Waals surface area contributed by atoms with Crippen LogP contribution in [-0.2, 0) is 9.59 Å². The highest BCUT2D eigenvalue weighted by Crippen LogP contribution is 2.29. The first-order chi connectivity index (χ1) is 9.15. The number of piperazine rings is 1. The van der Waals surface area contributed by atoms with Gasteiger partial charge in [0, 0.05) is 6.54 Å². The van der Waals surface area contributed by atoms with Crippen molar-refractivity contribution in [2.75, 3.05) is 6.54 Å². The fraction of sp³-hybridized carbons (Fsp3) is 0.733. The van der Waals surface area contributed by atoms with Crippen LogP contribution >= 0.6 is 0 Å². The highest BCUT2D eigenvalue weighted by Gasteiger charge is 2.47. The van der Waals surface area contributed by atoms with Gasteiger partial charge in [-0.1, -0.05) is 19.8 Å². The SMILES string of the molecule is C#CC(CC)N1C(=O)C2CCCCN2C(=O)C1CC. The van der Waals surface area contributed by atoms with Crippen molar-refractivity contribution in [2.45, 2.75) is 64.1 Å². The van der Waals surface area contributed by atoms with E-state index in [2.05, 4.69) is 5.92 Å². The summed E-state index contributed by atoms with van der Waals surface area (Å²) >= 11 is 0. The Bertz CT molecular complexity index is 413. The molecule has 2 rings (SSSR count). The number of amides is 2. The maximum atomic E-state index is 12.7. The normalized spacial score (nSPS) is 28.9. The molecule has 0 aromatic rings. The van der Waals surface area contributed by atoms with Crippen LogP contribution < -0.4 is 0 Å². The average Bonchev–Trinajstić information content (AvgIpc) is 2.45. The smallest absolute Gasteiger partial charge is 0.247 e. The number of hydrogen-bond acceptors (Lipinski definition) is 2. The molecule has 2 heterocycles. The average molecular weight is 262 g/mol. The summed E-state index contributed by atoms with van der Waals surface area (Å²) in [6, 6.07) is -0.903. The Balaban J connectivity index is 2.33. The van der Waals surface area contributed by atoms with Crippen molar-refractivity contribution in [1.82, 2.24) is 9.80 Å².